The van der Waals surface area contributed by atoms with E-state index < -0.39 is 0 Å². The molecule has 0 spiro atoms. The lowest BCUT2D eigenvalue weighted by Crippen LogP contribution is -2.41. The fourth-order valence-corrected chi connectivity index (χ4v) is 4.39. The van der Waals surface area contributed by atoms with Crippen molar-refractivity contribution in [3.8, 4) is 0 Å². The highest BCUT2D eigenvalue weighted by Crippen LogP contribution is 2.68. The number of nitrogens with zero attached hydrogens (tertiary/aromatic N) is 1. The van der Waals surface area contributed by atoms with Crippen LogP contribution in [0.2, 0.25) is 0 Å². The number of likely N-dealkylation sites (tertiary alicyclic amines) is 1. The molecule has 19 heavy (non-hydrogen) atoms. The molecule has 3 heteroatoms. The minimum absolute atomic E-state index is 0.205. The number of ketones is 1. The monoisotopic (exact) mass is 263 g/mol. The molecule has 3 rings (SSSR count). The molecule has 1 aliphatic heterocycles. The molecule has 3 nitrogen and oxygen atoms in total. The fraction of sp³-hybridized carbons (Fsp3) is 0.812. The Kier molecular flexibility index (Phi) is 3.01. The smallest absolute Gasteiger partial charge is 0.161 e. The molecule has 0 amide bonds. The summed E-state index contributed by atoms with van der Waals surface area (Å²) >= 11 is 0. The number of Topliss-reactive ketones (excluding diaryl/α,β-unsaturated/α-hetero) is 1. The third-order valence-corrected chi connectivity index (χ3v) is 5.73. The van der Waals surface area contributed by atoms with Crippen molar-refractivity contribution >= 4 is 5.78 Å². The number of carbonyl (C=O) groups is 1. The van der Waals surface area contributed by atoms with Gasteiger partial charge in [0.1, 0.15) is 0 Å². The third-order valence-electron chi connectivity index (χ3n) is 5.73. The van der Waals surface area contributed by atoms with Crippen LogP contribution in [-0.2, 0) is 4.79 Å². The van der Waals surface area contributed by atoms with Gasteiger partial charge in [0.05, 0.1) is 12.6 Å². The molecule has 3 fully saturated rings. The molecule has 0 bridgehead atoms. The lowest BCUT2D eigenvalue weighted by molar-refractivity contribution is -0.115. The molecule has 2 saturated carbocycles. The second-order valence-electron chi connectivity index (χ2n) is 7.06. The average Bonchev–Trinajstić information content (AvgIpc) is 2.74. The maximum Gasteiger partial charge on any atom is 0.161 e. The van der Waals surface area contributed by atoms with Crippen LogP contribution in [0.25, 0.3) is 0 Å². The summed E-state index contributed by atoms with van der Waals surface area (Å²) in [6.07, 6.45) is 4.15. The summed E-state index contributed by atoms with van der Waals surface area (Å²) in [6.45, 7) is 7.85. The molecule has 1 unspecified atom stereocenters. The highest BCUT2D eigenvalue weighted by Gasteiger charge is 2.65. The van der Waals surface area contributed by atoms with Gasteiger partial charge in [0.25, 0.3) is 0 Å². The third kappa shape index (κ3) is 1.85. The van der Waals surface area contributed by atoms with E-state index in [1.165, 1.54) is 12.8 Å². The molecule has 1 heterocycles. The largest absolute Gasteiger partial charge is 0.394 e. The Balaban J connectivity index is 1.90. The summed E-state index contributed by atoms with van der Waals surface area (Å²) in [4.78, 5) is 14.5. The number of fused-ring (bicyclic) bond motifs is 1. The normalized spacial score (nSPS) is 39.3. The average molecular weight is 263 g/mol. The zero-order valence-corrected chi connectivity index (χ0v) is 12.3. The maximum atomic E-state index is 12.2. The lowest BCUT2D eigenvalue weighted by Gasteiger charge is -2.38. The predicted octanol–water partition coefficient (Wildman–Crippen LogP) is 2.35. The Bertz CT molecular complexity index is 438. The second-order valence-corrected chi connectivity index (χ2v) is 7.06. The van der Waals surface area contributed by atoms with Gasteiger partial charge in [-0.25, -0.2) is 0 Å². The highest BCUT2D eigenvalue weighted by atomic mass is 16.3. The summed E-state index contributed by atoms with van der Waals surface area (Å²) in [5.74, 6) is 1.40. The Labute approximate surface area is 115 Å². The van der Waals surface area contributed by atoms with E-state index in [1.807, 2.05) is 0 Å². The Morgan fingerprint density at radius 2 is 2.16 bits per heavy atom. The summed E-state index contributed by atoms with van der Waals surface area (Å²) in [7, 11) is 0. The van der Waals surface area contributed by atoms with Crippen molar-refractivity contribution in [2.45, 2.75) is 52.5 Å². The zero-order valence-electron chi connectivity index (χ0n) is 12.3. The molecule has 3 atom stereocenters. The van der Waals surface area contributed by atoms with Gasteiger partial charge in [-0.15, -0.1) is 0 Å². The number of aliphatic hydroxyl groups excluding tert-OH is 1. The number of rotatable bonds is 2. The Morgan fingerprint density at radius 1 is 1.42 bits per heavy atom. The molecule has 0 radical (unpaired) electrons. The van der Waals surface area contributed by atoms with E-state index in [4.69, 9.17) is 0 Å². The van der Waals surface area contributed by atoms with Crippen molar-refractivity contribution in [1.29, 1.82) is 0 Å². The molecular weight excluding hydrogens is 238 g/mol. The van der Waals surface area contributed by atoms with Crippen LogP contribution in [0.5, 0.6) is 0 Å². The maximum absolute atomic E-state index is 12.2. The van der Waals surface area contributed by atoms with Gasteiger partial charge in [-0.3, -0.25) is 4.79 Å². The van der Waals surface area contributed by atoms with Crippen LogP contribution in [0.15, 0.2) is 11.3 Å². The molecule has 106 valence electrons. The minimum atomic E-state index is 0.205. The van der Waals surface area contributed by atoms with Crippen LogP contribution in [0.1, 0.15) is 46.5 Å². The molecule has 3 aliphatic rings. The van der Waals surface area contributed by atoms with E-state index in [2.05, 4.69) is 25.7 Å². The molecule has 1 N–H and O–H groups in total. The lowest BCUT2D eigenvalue weighted by atomic mass is 9.93. The van der Waals surface area contributed by atoms with Crippen molar-refractivity contribution in [3.05, 3.63) is 11.3 Å². The fourth-order valence-electron chi connectivity index (χ4n) is 4.39. The summed E-state index contributed by atoms with van der Waals surface area (Å²) < 4.78 is 0. The van der Waals surface area contributed by atoms with Crippen LogP contribution in [-0.4, -0.2) is 35.0 Å². The molecule has 0 aromatic carbocycles. The van der Waals surface area contributed by atoms with Gasteiger partial charge in [0, 0.05) is 24.2 Å². The summed E-state index contributed by atoms with van der Waals surface area (Å²) in [5, 5.41) is 9.55. The number of piperidine rings is 1. The SMILES string of the molecule is C/C(=C1\C(=O)C[C@H]2[C@@H]1C2(C)C)N1CCCCC1CO. The van der Waals surface area contributed by atoms with Gasteiger partial charge in [-0.1, -0.05) is 13.8 Å². The van der Waals surface area contributed by atoms with Crippen molar-refractivity contribution in [1.82, 2.24) is 4.90 Å². The minimum Gasteiger partial charge on any atom is -0.394 e. The van der Waals surface area contributed by atoms with E-state index in [-0.39, 0.29) is 12.6 Å². The summed E-state index contributed by atoms with van der Waals surface area (Å²) in [6, 6.07) is 0.218. The second kappa shape index (κ2) is 4.34. The van der Waals surface area contributed by atoms with Gasteiger partial charge in [-0.05, 0) is 43.4 Å². The summed E-state index contributed by atoms with van der Waals surface area (Å²) in [5.41, 5.74) is 2.55. The molecule has 2 aliphatic carbocycles. The standard InChI is InChI=1S/C16H25NO2/c1-10(17-7-5-4-6-11(17)9-18)14-13(19)8-12-15(14)16(12,2)3/h11-12,15,18H,4-9H2,1-3H3/b14-10-/t11?,12-,15-/m0/s1. The van der Waals surface area contributed by atoms with Crippen LogP contribution in [0.4, 0.5) is 0 Å². The first-order valence-electron chi connectivity index (χ1n) is 7.60. The molecule has 0 aromatic heterocycles. The number of aliphatic hydroxyl groups is 1. The van der Waals surface area contributed by atoms with Crippen LogP contribution in [0, 0.1) is 17.3 Å². The van der Waals surface area contributed by atoms with Gasteiger partial charge >= 0.3 is 0 Å². The molecular formula is C16H25NO2. The van der Waals surface area contributed by atoms with Crippen molar-refractivity contribution in [2.24, 2.45) is 17.3 Å². The number of allylic oxidation sites excluding steroid dienone is 2. The molecule has 1 saturated heterocycles. The van der Waals surface area contributed by atoms with E-state index in [1.54, 1.807) is 0 Å². The van der Waals surface area contributed by atoms with Crippen LogP contribution in [0.3, 0.4) is 0 Å². The van der Waals surface area contributed by atoms with E-state index in [0.29, 0.717) is 23.0 Å². The first kappa shape index (κ1) is 13.2. The van der Waals surface area contributed by atoms with Crippen molar-refractivity contribution in [3.63, 3.8) is 0 Å². The topological polar surface area (TPSA) is 40.5 Å². The zero-order chi connectivity index (χ0) is 13.8. The van der Waals surface area contributed by atoms with Crippen LogP contribution >= 0.6 is 0 Å². The van der Waals surface area contributed by atoms with Gasteiger partial charge in [-0.2, -0.15) is 0 Å². The number of carbonyl (C=O) groups excluding carboxylic acids is 1. The Morgan fingerprint density at radius 3 is 2.79 bits per heavy atom. The van der Waals surface area contributed by atoms with E-state index in [0.717, 1.165) is 30.7 Å². The Hall–Kier alpha value is -0.830. The first-order valence-corrected chi connectivity index (χ1v) is 7.60. The van der Waals surface area contributed by atoms with E-state index >= 15 is 0 Å². The quantitative estimate of drug-likeness (QED) is 0.778. The molecule has 0 aromatic rings. The van der Waals surface area contributed by atoms with Crippen LogP contribution < -0.4 is 0 Å². The van der Waals surface area contributed by atoms with Gasteiger partial charge < -0.3 is 10.0 Å². The predicted molar refractivity (Wildman–Crippen MR) is 74.5 cm³/mol. The van der Waals surface area contributed by atoms with E-state index in [9.17, 15) is 9.90 Å². The first-order chi connectivity index (χ1) is 8.98. The van der Waals surface area contributed by atoms with Gasteiger partial charge in [0.2, 0.25) is 0 Å². The van der Waals surface area contributed by atoms with Crippen molar-refractivity contribution in [2.75, 3.05) is 13.2 Å². The van der Waals surface area contributed by atoms with Crippen molar-refractivity contribution < 1.29 is 9.90 Å². The number of hydrogen-bond donors (Lipinski definition) is 1. The van der Waals surface area contributed by atoms with Gasteiger partial charge in [0.15, 0.2) is 5.78 Å². The number of hydrogen-bond acceptors (Lipinski definition) is 3. The highest BCUT2D eigenvalue weighted by molar-refractivity contribution is 6.01.